The minimum absolute atomic E-state index is 0.236. The summed E-state index contributed by atoms with van der Waals surface area (Å²) in [5.41, 5.74) is 4.78. The Hall–Kier alpha value is -2.70. The molecule has 3 aromatic rings. The summed E-state index contributed by atoms with van der Waals surface area (Å²) < 4.78 is 26.9. The summed E-state index contributed by atoms with van der Waals surface area (Å²) >= 11 is 0. The Bertz CT molecular complexity index is 1030. The van der Waals surface area contributed by atoms with E-state index in [1.54, 1.807) is 6.07 Å². The fraction of sp³-hybridized carbons (Fsp3) is 0.400. The lowest BCUT2D eigenvalue weighted by Crippen LogP contribution is -2.29. The molecule has 0 N–H and O–H groups in total. The van der Waals surface area contributed by atoms with Crippen molar-refractivity contribution in [2.75, 3.05) is 33.9 Å². The Labute approximate surface area is 183 Å². The smallest absolute Gasteiger partial charge is 0.165 e. The molecule has 2 aromatic carbocycles. The van der Waals surface area contributed by atoms with Gasteiger partial charge in [-0.2, -0.15) is 5.10 Å². The molecule has 0 bridgehead atoms. The van der Waals surface area contributed by atoms with E-state index < -0.39 is 0 Å². The van der Waals surface area contributed by atoms with Gasteiger partial charge in [0.25, 0.3) is 0 Å². The first-order valence-corrected chi connectivity index (χ1v) is 10.8. The van der Waals surface area contributed by atoms with Crippen molar-refractivity contribution in [1.82, 2.24) is 14.7 Å². The van der Waals surface area contributed by atoms with Gasteiger partial charge in [-0.15, -0.1) is 0 Å². The predicted octanol–water partition coefficient (Wildman–Crippen LogP) is 4.85. The maximum Gasteiger partial charge on any atom is 0.165 e. The number of aryl methyl sites for hydroxylation is 1. The van der Waals surface area contributed by atoms with Crippen LogP contribution in [-0.4, -0.2) is 48.6 Å². The van der Waals surface area contributed by atoms with Gasteiger partial charge < -0.3 is 14.4 Å². The van der Waals surface area contributed by atoms with E-state index in [9.17, 15) is 4.39 Å². The first-order chi connectivity index (χ1) is 15.0. The molecule has 1 aliphatic heterocycles. The number of methoxy groups -OCH3 is 1. The van der Waals surface area contributed by atoms with E-state index in [2.05, 4.69) is 37.2 Å². The number of ether oxygens (including phenoxy) is 2. The van der Waals surface area contributed by atoms with Crippen LogP contribution in [0.3, 0.4) is 0 Å². The van der Waals surface area contributed by atoms with Gasteiger partial charge >= 0.3 is 0 Å². The molecule has 6 heteroatoms. The summed E-state index contributed by atoms with van der Waals surface area (Å²) in [6.45, 7) is 5.52. The zero-order chi connectivity index (χ0) is 21.8. The van der Waals surface area contributed by atoms with Crippen LogP contribution < -0.4 is 4.74 Å². The highest BCUT2D eigenvalue weighted by molar-refractivity contribution is 5.64. The van der Waals surface area contributed by atoms with Gasteiger partial charge in [0.2, 0.25) is 0 Å². The normalized spacial score (nSPS) is 14.9. The van der Waals surface area contributed by atoms with Crippen molar-refractivity contribution in [1.29, 1.82) is 0 Å². The van der Waals surface area contributed by atoms with Crippen LogP contribution >= 0.6 is 0 Å². The van der Waals surface area contributed by atoms with E-state index in [1.165, 1.54) is 13.2 Å². The van der Waals surface area contributed by atoms with Crippen molar-refractivity contribution in [2.24, 2.45) is 5.92 Å². The number of benzene rings is 2. The van der Waals surface area contributed by atoms with E-state index >= 15 is 0 Å². The minimum atomic E-state index is -0.382. The number of aromatic nitrogens is 2. The third kappa shape index (κ3) is 4.97. The van der Waals surface area contributed by atoms with Gasteiger partial charge in [-0.25, -0.2) is 9.07 Å². The Morgan fingerprint density at radius 2 is 1.97 bits per heavy atom. The van der Waals surface area contributed by atoms with Crippen LogP contribution in [0.2, 0.25) is 0 Å². The standard InChI is InChI=1S/C25H30FN3O2/c1-18-6-4-5-7-23(18)29-17-21(16-28(2)15-19-10-12-31-13-11-19)25(27-29)20-8-9-24(30-3)22(26)14-20/h4-9,14,17,19H,10-13,15-16H2,1-3H3. The average Bonchev–Trinajstić information content (AvgIpc) is 3.18. The van der Waals surface area contributed by atoms with E-state index in [-0.39, 0.29) is 11.6 Å². The first-order valence-electron chi connectivity index (χ1n) is 10.8. The molecule has 0 radical (unpaired) electrons. The molecule has 0 saturated carbocycles. The second kappa shape index (κ2) is 9.62. The molecule has 1 fully saturated rings. The monoisotopic (exact) mass is 423 g/mol. The summed E-state index contributed by atoms with van der Waals surface area (Å²) in [6.07, 6.45) is 4.27. The highest BCUT2D eigenvalue weighted by Gasteiger charge is 2.19. The summed E-state index contributed by atoms with van der Waals surface area (Å²) in [4.78, 5) is 2.33. The van der Waals surface area contributed by atoms with Crippen LogP contribution in [0, 0.1) is 18.7 Å². The van der Waals surface area contributed by atoms with Crippen molar-refractivity contribution in [3.05, 3.63) is 65.6 Å². The van der Waals surface area contributed by atoms with Crippen molar-refractivity contribution in [3.8, 4) is 22.7 Å². The minimum Gasteiger partial charge on any atom is -0.494 e. The van der Waals surface area contributed by atoms with E-state index in [0.717, 1.165) is 67.2 Å². The maximum atomic E-state index is 14.5. The molecule has 0 spiro atoms. The summed E-state index contributed by atoms with van der Waals surface area (Å²) in [5.74, 6) is 0.499. The SMILES string of the molecule is COc1ccc(-c2nn(-c3ccccc3C)cc2CN(C)CC2CCOCC2)cc1F. The molecule has 1 saturated heterocycles. The molecular formula is C25H30FN3O2. The molecule has 31 heavy (non-hydrogen) atoms. The van der Waals surface area contributed by atoms with Gasteiger partial charge in [0.1, 0.15) is 0 Å². The molecule has 2 heterocycles. The molecule has 1 aromatic heterocycles. The van der Waals surface area contributed by atoms with E-state index in [1.807, 2.05) is 22.9 Å². The molecule has 4 rings (SSSR count). The van der Waals surface area contributed by atoms with E-state index in [0.29, 0.717) is 5.92 Å². The largest absolute Gasteiger partial charge is 0.494 e. The topological polar surface area (TPSA) is 39.5 Å². The van der Waals surface area contributed by atoms with Gasteiger partial charge in [-0.05, 0) is 62.6 Å². The number of nitrogens with zero attached hydrogens (tertiary/aromatic N) is 3. The number of halogens is 1. The second-order valence-electron chi connectivity index (χ2n) is 8.34. The molecule has 1 aliphatic rings. The van der Waals surface area contributed by atoms with Gasteiger partial charge in [-0.1, -0.05) is 18.2 Å². The molecule has 5 nitrogen and oxygen atoms in total. The van der Waals surface area contributed by atoms with Crippen LogP contribution in [0.15, 0.2) is 48.7 Å². The fourth-order valence-electron chi connectivity index (χ4n) is 4.25. The molecule has 164 valence electrons. The Morgan fingerprint density at radius 1 is 1.19 bits per heavy atom. The average molecular weight is 424 g/mol. The molecule has 0 aliphatic carbocycles. The Morgan fingerprint density at radius 3 is 2.68 bits per heavy atom. The summed E-state index contributed by atoms with van der Waals surface area (Å²) in [5, 5.41) is 4.87. The van der Waals surface area contributed by atoms with Crippen molar-refractivity contribution >= 4 is 0 Å². The third-order valence-electron chi connectivity index (χ3n) is 5.93. The first kappa shape index (κ1) is 21.5. The second-order valence-corrected chi connectivity index (χ2v) is 8.34. The Kier molecular flexibility index (Phi) is 6.68. The van der Waals surface area contributed by atoms with Gasteiger partial charge in [0.05, 0.1) is 18.5 Å². The van der Waals surface area contributed by atoms with Crippen LogP contribution in [0.1, 0.15) is 24.0 Å². The van der Waals surface area contributed by atoms with Crippen LogP contribution in [0.5, 0.6) is 5.75 Å². The van der Waals surface area contributed by atoms with E-state index in [4.69, 9.17) is 14.6 Å². The zero-order valence-electron chi connectivity index (χ0n) is 18.5. The maximum absolute atomic E-state index is 14.5. The van der Waals surface area contributed by atoms with Gasteiger partial charge in [-0.3, -0.25) is 0 Å². The number of para-hydroxylation sites is 1. The van der Waals surface area contributed by atoms with Crippen molar-refractivity contribution in [3.63, 3.8) is 0 Å². The molecule has 0 unspecified atom stereocenters. The van der Waals surface area contributed by atoms with Crippen molar-refractivity contribution < 1.29 is 13.9 Å². The lowest BCUT2D eigenvalue weighted by atomic mass is 9.99. The summed E-state index contributed by atoms with van der Waals surface area (Å²) in [6, 6.07) is 13.2. The molecule has 0 amide bonds. The fourth-order valence-corrected chi connectivity index (χ4v) is 4.25. The van der Waals surface area contributed by atoms with Crippen LogP contribution in [0.4, 0.5) is 4.39 Å². The molecule has 0 atom stereocenters. The lowest BCUT2D eigenvalue weighted by molar-refractivity contribution is 0.0550. The van der Waals surface area contributed by atoms with Gasteiger partial charge in [0, 0.05) is 43.6 Å². The van der Waals surface area contributed by atoms with Gasteiger partial charge in [0.15, 0.2) is 11.6 Å². The number of hydrogen-bond donors (Lipinski definition) is 0. The number of rotatable bonds is 7. The lowest BCUT2D eigenvalue weighted by Gasteiger charge is -2.27. The number of hydrogen-bond acceptors (Lipinski definition) is 4. The van der Waals surface area contributed by atoms with Crippen LogP contribution in [-0.2, 0) is 11.3 Å². The molecular weight excluding hydrogens is 393 g/mol. The quantitative estimate of drug-likeness (QED) is 0.544. The Balaban J connectivity index is 1.66. The summed E-state index contributed by atoms with van der Waals surface area (Å²) in [7, 11) is 3.61. The van der Waals surface area contributed by atoms with Crippen molar-refractivity contribution in [2.45, 2.75) is 26.3 Å². The highest BCUT2D eigenvalue weighted by atomic mass is 19.1. The highest BCUT2D eigenvalue weighted by Crippen LogP contribution is 2.29. The third-order valence-corrected chi connectivity index (χ3v) is 5.93. The predicted molar refractivity (Wildman–Crippen MR) is 120 cm³/mol. The van der Waals surface area contributed by atoms with Crippen LogP contribution in [0.25, 0.3) is 16.9 Å². The zero-order valence-corrected chi connectivity index (χ0v) is 18.5.